The molecule has 0 saturated heterocycles. The summed E-state index contributed by atoms with van der Waals surface area (Å²) in [6.45, 7) is 0. The number of hydrogen-bond donors (Lipinski definition) is 1. The van der Waals surface area contributed by atoms with Crippen LogP contribution in [-0.2, 0) is 0 Å². The van der Waals surface area contributed by atoms with E-state index in [1.807, 2.05) is 71.6 Å². The molecule has 6 nitrogen and oxygen atoms in total. The number of benzene rings is 6. The first-order chi connectivity index (χ1) is 22.3. The molecule has 0 radical (unpaired) electrons. The molecule has 9 rings (SSSR count). The van der Waals surface area contributed by atoms with Crippen LogP contribution in [0.1, 0.15) is 0 Å². The summed E-state index contributed by atoms with van der Waals surface area (Å²) in [5.41, 5.74) is 5.93. The lowest BCUT2D eigenvalue weighted by Gasteiger charge is -2.10. The molecule has 0 fully saturated rings. The van der Waals surface area contributed by atoms with Gasteiger partial charge < -0.3 is 0 Å². The predicted molar refractivity (Wildman–Crippen MR) is 188 cm³/mol. The Balaban J connectivity index is 1.33. The van der Waals surface area contributed by atoms with Crippen molar-refractivity contribution in [2.75, 3.05) is 0 Å². The van der Waals surface area contributed by atoms with E-state index in [1.54, 1.807) is 0 Å². The van der Waals surface area contributed by atoms with Crippen LogP contribution in [0.5, 0.6) is 0 Å². The smallest absolute Gasteiger partial charge is 0.239 e. The van der Waals surface area contributed by atoms with Crippen molar-refractivity contribution in [3.8, 4) is 0 Å². The summed E-state index contributed by atoms with van der Waals surface area (Å²) in [7, 11) is 0. The van der Waals surface area contributed by atoms with Gasteiger partial charge in [0, 0.05) is 32.3 Å². The van der Waals surface area contributed by atoms with E-state index in [-0.39, 0.29) is 5.96 Å². The molecule has 0 unspecified atom stereocenters. The van der Waals surface area contributed by atoms with Crippen molar-refractivity contribution in [3.05, 3.63) is 146 Å². The van der Waals surface area contributed by atoms with E-state index in [4.69, 9.17) is 9.98 Å². The topological polar surface area (TPSA) is 63.4 Å². The molecule has 0 spiro atoms. The third kappa shape index (κ3) is 3.79. The molecule has 0 atom stereocenters. The van der Waals surface area contributed by atoms with Gasteiger partial charge in [-0.05, 0) is 36.4 Å². The molecule has 3 heterocycles. The fourth-order valence-corrected chi connectivity index (χ4v) is 6.76. The first-order valence-corrected chi connectivity index (χ1v) is 14.9. The number of nitrogens with zero attached hydrogens (tertiary/aromatic N) is 5. The van der Waals surface area contributed by atoms with Crippen molar-refractivity contribution in [1.29, 1.82) is 5.41 Å². The summed E-state index contributed by atoms with van der Waals surface area (Å²) in [4.78, 5) is 10.2. The number of nitrogens with one attached hydrogen (secondary N) is 1. The summed E-state index contributed by atoms with van der Waals surface area (Å²) in [5, 5.41) is 16.2. The molecular formula is C39H26N6. The first kappa shape index (κ1) is 25.2. The maximum Gasteiger partial charge on any atom is 0.239 e. The zero-order valence-corrected chi connectivity index (χ0v) is 24.2. The van der Waals surface area contributed by atoms with Gasteiger partial charge in [-0.1, -0.05) is 109 Å². The molecule has 45 heavy (non-hydrogen) atoms. The Bertz CT molecular complexity index is 2520. The second kappa shape index (κ2) is 9.89. The highest BCUT2D eigenvalue weighted by Crippen LogP contribution is 2.32. The van der Waals surface area contributed by atoms with Gasteiger partial charge in [0.2, 0.25) is 11.9 Å². The second-order valence-corrected chi connectivity index (χ2v) is 11.1. The minimum Gasteiger partial charge on any atom is -0.300 e. The van der Waals surface area contributed by atoms with Crippen LogP contribution in [0.15, 0.2) is 156 Å². The van der Waals surface area contributed by atoms with Crippen LogP contribution >= 0.6 is 0 Å². The minimum absolute atomic E-state index is 0.0867. The lowest BCUT2D eigenvalue weighted by Crippen LogP contribution is -2.16. The van der Waals surface area contributed by atoms with Crippen LogP contribution in [0, 0.1) is 5.41 Å². The van der Waals surface area contributed by atoms with Crippen molar-refractivity contribution >= 4 is 83.7 Å². The monoisotopic (exact) mass is 578 g/mol. The Morgan fingerprint density at radius 3 is 1.13 bits per heavy atom. The quantitative estimate of drug-likeness (QED) is 0.149. The molecule has 0 aliphatic carbocycles. The van der Waals surface area contributed by atoms with Crippen molar-refractivity contribution in [1.82, 2.24) is 13.7 Å². The van der Waals surface area contributed by atoms with Gasteiger partial charge in [0.1, 0.15) is 6.34 Å². The van der Waals surface area contributed by atoms with E-state index in [2.05, 4.69) is 94.1 Å². The maximum atomic E-state index is 9.46. The molecule has 3 aromatic heterocycles. The van der Waals surface area contributed by atoms with Crippen LogP contribution in [0.25, 0.3) is 65.4 Å². The van der Waals surface area contributed by atoms with E-state index in [1.165, 1.54) is 0 Å². The molecule has 6 heteroatoms. The highest BCUT2D eigenvalue weighted by molar-refractivity contribution is 6.19. The largest absolute Gasteiger partial charge is 0.300 e. The minimum atomic E-state index is 0.0867. The van der Waals surface area contributed by atoms with Crippen LogP contribution in [0.2, 0.25) is 0 Å². The molecule has 0 amide bonds. The van der Waals surface area contributed by atoms with Crippen LogP contribution < -0.4 is 0 Å². The summed E-state index contributed by atoms with van der Waals surface area (Å²) in [6.07, 6.45) is 1.84. The number of aromatic nitrogens is 3. The molecule has 0 saturated carbocycles. The summed E-state index contributed by atoms with van der Waals surface area (Å²) in [6, 6.07) is 49.7. The van der Waals surface area contributed by atoms with E-state index >= 15 is 0 Å². The number of rotatable bonds is 1. The predicted octanol–water partition coefficient (Wildman–Crippen LogP) is 9.27. The summed E-state index contributed by atoms with van der Waals surface area (Å²) < 4.78 is 6.09. The average Bonchev–Trinajstić information content (AvgIpc) is 3.73. The Kier molecular flexibility index (Phi) is 5.55. The standard InChI is InChI=1S/C39H26N6/c40-38(44-34-21-9-3-15-28(34)29-16-4-10-22-35(29)44)42-39(45-36-23-11-5-17-30(36)31-18-6-12-24-37(31)45)41-25-43-32-19-7-1-13-26(32)27-14-2-8-20-33(27)43/h1-25,40H. The lowest BCUT2D eigenvalue weighted by atomic mass is 10.2. The SMILES string of the molecule is N=C(N=C(N=Cn1c2ccccc2c2ccccc21)n1c2ccccc2c2ccccc21)n1c2ccccc2c2ccccc21. The van der Waals surface area contributed by atoms with Gasteiger partial charge >= 0.3 is 0 Å². The van der Waals surface area contributed by atoms with Crippen LogP contribution in [0.3, 0.4) is 0 Å². The molecule has 0 aliphatic heterocycles. The molecular weight excluding hydrogens is 552 g/mol. The van der Waals surface area contributed by atoms with Gasteiger partial charge in [0.15, 0.2) is 0 Å². The molecule has 0 bridgehead atoms. The normalized spacial score (nSPS) is 12.6. The average molecular weight is 579 g/mol. The highest BCUT2D eigenvalue weighted by atomic mass is 15.3. The maximum absolute atomic E-state index is 9.46. The van der Waals surface area contributed by atoms with Crippen molar-refractivity contribution in [2.45, 2.75) is 0 Å². The third-order valence-electron chi connectivity index (χ3n) is 8.68. The molecule has 6 aromatic carbocycles. The van der Waals surface area contributed by atoms with Gasteiger partial charge in [0.05, 0.1) is 33.1 Å². The number of fused-ring (bicyclic) bond motifs is 9. The van der Waals surface area contributed by atoms with Gasteiger partial charge in [-0.15, -0.1) is 0 Å². The molecule has 9 aromatic rings. The Morgan fingerprint density at radius 1 is 0.422 bits per heavy atom. The number of para-hydroxylation sites is 6. The second-order valence-electron chi connectivity index (χ2n) is 11.1. The van der Waals surface area contributed by atoms with E-state index in [0.29, 0.717) is 5.96 Å². The summed E-state index contributed by atoms with van der Waals surface area (Å²) >= 11 is 0. The van der Waals surface area contributed by atoms with Crippen LogP contribution in [0.4, 0.5) is 0 Å². The van der Waals surface area contributed by atoms with Crippen molar-refractivity contribution < 1.29 is 0 Å². The van der Waals surface area contributed by atoms with Gasteiger partial charge in [-0.25, -0.2) is 4.99 Å². The van der Waals surface area contributed by atoms with Gasteiger partial charge in [-0.2, -0.15) is 4.99 Å². The highest BCUT2D eigenvalue weighted by Gasteiger charge is 2.18. The first-order valence-electron chi connectivity index (χ1n) is 14.9. The van der Waals surface area contributed by atoms with Crippen molar-refractivity contribution in [2.24, 2.45) is 9.98 Å². The zero-order valence-electron chi connectivity index (χ0n) is 24.2. The summed E-state index contributed by atoms with van der Waals surface area (Å²) in [5.74, 6) is 0.491. The Hall–Kier alpha value is -6.27. The van der Waals surface area contributed by atoms with E-state index in [0.717, 1.165) is 65.4 Å². The molecule has 1 N–H and O–H groups in total. The van der Waals surface area contributed by atoms with Crippen LogP contribution in [-0.4, -0.2) is 32.0 Å². The van der Waals surface area contributed by atoms with Crippen molar-refractivity contribution in [3.63, 3.8) is 0 Å². The lowest BCUT2D eigenvalue weighted by molar-refractivity contribution is 1.15. The Morgan fingerprint density at radius 2 is 0.733 bits per heavy atom. The molecule has 212 valence electrons. The molecule has 0 aliphatic rings. The van der Waals surface area contributed by atoms with E-state index < -0.39 is 0 Å². The van der Waals surface area contributed by atoms with Gasteiger partial charge in [0.25, 0.3) is 0 Å². The fourth-order valence-electron chi connectivity index (χ4n) is 6.76. The number of hydrogen-bond acceptors (Lipinski definition) is 1. The third-order valence-corrected chi connectivity index (χ3v) is 8.68. The fraction of sp³-hybridized carbons (Fsp3) is 0. The zero-order chi connectivity index (χ0) is 29.9. The Labute approximate surface area is 257 Å². The van der Waals surface area contributed by atoms with E-state index in [9.17, 15) is 5.41 Å². The van der Waals surface area contributed by atoms with Gasteiger partial charge in [-0.3, -0.25) is 19.1 Å². The number of aliphatic imine (C=N–C) groups is 2.